The number of carbonyl (C=O) groups excluding carboxylic acids is 3. The molecule has 3 amide bonds. The van der Waals surface area contributed by atoms with Crippen LogP contribution in [-0.2, 0) is 11.3 Å². The maximum Gasteiger partial charge on any atom is 0.272 e. The summed E-state index contributed by atoms with van der Waals surface area (Å²) in [5.41, 5.74) is 2.41. The van der Waals surface area contributed by atoms with Crippen LogP contribution in [0.3, 0.4) is 0 Å². The normalized spacial score (nSPS) is 15.9. The largest absolute Gasteiger partial charge is 0.493 e. The maximum absolute atomic E-state index is 13.7. The second kappa shape index (κ2) is 13.9. The highest BCUT2D eigenvalue weighted by Gasteiger charge is 2.25. The van der Waals surface area contributed by atoms with Crippen molar-refractivity contribution in [2.75, 3.05) is 33.4 Å². The van der Waals surface area contributed by atoms with Gasteiger partial charge in [0.25, 0.3) is 11.8 Å². The van der Waals surface area contributed by atoms with Crippen LogP contribution in [0.25, 0.3) is 22.8 Å². The Labute approximate surface area is 270 Å². The number of amides is 3. The molecule has 1 aliphatic heterocycles. The van der Waals surface area contributed by atoms with E-state index in [2.05, 4.69) is 25.8 Å². The average Bonchev–Trinajstić information content (AvgIpc) is 3.76. The number of aromatic amines is 1. The summed E-state index contributed by atoms with van der Waals surface area (Å²) in [6.07, 6.45) is 1.63. The van der Waals surface area contributed by atoms with Gasteiger partial charge in [-0.15, -0.1) is 0 Å². The van der Waals surface area contributed by atoms with Crippen molar-refractivity contribution in [2.24, 2.45) is 0 Å². The molecule has 2 aromatic carbocycles. The van der Waals surface area contributed by atoms with Crippen LogP contribution in [0.2, 0.25) is 0 Å². The standard InChI is InChI=1S/C33H33N9O5/c1-21-31-37-30(22-8-4-3-5-9-22)40-42(31)16-17-47-28-18-23(11-12-27(28)46-2)32(44)35-14-15-41(20-29(43)36-21)33(45)26-19-25(38-39-26)24-10-6-7-13-34-24/h3-13,18-19,21H,14-17,20H2,1-2H3,(H,35,44)(H,36,43)(H,38,39)/t21-/m1/s1. The molecule has 0 aliphatic carbocycles. The Morgan fingerprint density at radius 2 is 1.81 bits per heavy atom. The van der Waals surface area contributed by atoms with Crippen molar-refractivity contribution in [1.29, 1.82) is 0 Å². The van der Waals surface area contributed by atoms with Crippen molar-refractivity contribution in [2.45, 2.75) is 19.5 Å². The number of benzene rings is 2. The number of nitrogens with one attached hydrogen (secondary N) is 3. The van der Waals surface area contributed by atoms with Crippen molar-refractivity contribution in [3.63, 3.8) is 0 Å². The second-order valence-corrected chi connectivity index (χ2v) is 10.8. The lowest BCUT2D eigenvalue weighted by Crippen LogP contribution is -2.45. The van der Waals surface area contributed by atoms with Crippen molar-refractivity contribution in [3.8, 4) is 34.3 Å². The van der Waals surface area contributed by atoms with Crippen LogP contribution in [0.1, 0.15) is 39.6 Å². The zero-order chi connectivity index (χ0) is 32.8. The third kappa shape index (κ3) is 7.11. The minimum absolute atomic E-state index is 0.0398. The van der Waals surface area contributed by atoms with Gasteiger partial charge < -0.3 is 25.0 Å². The van der Waals surface area contributed by atoms with E-state index in [1.807, 2.05) is 36.4 Å². The van der Waals surface area contributed by atoms with Crippen LogP contribution in [0.15, 0.2) is 79.0 Å². The van der Waals surface area contributed by atoms with E-state index >= 15 is 0 Å². The summed E-state index contributed by atoms with van der Waals surface area (Å²) >= 11 is 0. The third-order valence-corrected chi connectivity index (χ3v) is 7.51. The molecular weight excluding hydrogens is 602 g/mol. The fourth-order valence-electron chi connectivity index (χ4n) is 5.15. The van der Waals surface area contributed by atoms with Gasteiger partial charge in [0.15, 0.2) is 17.3 Å². The first-order chi connectivity index (χ1) is 22.9. The molecule has 240 valence electrons. The molecule has 3 N–H and O–H groups in total. The molecule has 0 saturated carbocycles. The van der Waals surface area contributed by atoms with Crippen LogP contribution in [0.4, 0.5) is 0 Å². The van der Waals surface area contributed by atoms with Gasteiger partial charge in [-0.1, -0.05) is 36.4 Å². The number of H-pyrrole nitrogens is 1. The first-order valence-corrected chi connectivity index (χ1v) is 15.0. The predicted octanol–water partition coefficient (Wildman–Crippen LogP) is 2.88. The summed E-state index contributed by atoms with van der Waals surface area (Å²) in [6, 6.07) is 20.8. The van der Waals surface area contributed by atoms with Gasteiger partial charge >= 0.3 is 0 Å². The van der Waals surface area contributed by atoms with Crippen LogP contribution in [0, 0.1) is 0 Å². The lowest BCUT2D eigenvalue weighted by atomic mass is 10.2. The van der Waals surface area contributed by atoms with E-state index in [4.69, 9.17) is 19.6 Å². The van der Waals surface area contributed by atoms with Crippen molar-refractivity contribution in [1.82, 2.24) is 45.5 Å². The first-order valence-electron chi connectivity index (χ1n) is 15.0. The van der Waals surface area contributed by atoms with Gasteiger partial charge in [0.2, 0.25) is 5.91 Å². The Balaban J connectivity index is 1.31. The number of fused-ring (bicyclic) bond motifs is 3. The average molecular weight is 636 g/mol. The summed E-state index contributed by atoms with van der Waals surface area (Å²) in [5, 5.41) is 17.5. The zero-order valence-electron chi connectivity index (χ0n) is 25.8. The number of rotatable bonds is 4. The van der Waals surface area contributed by atoms with Gasteiger partial charge in [-0.05, 0) is 43.3 Å². The molecule has 14 nitrogen and oxygen atoms in total. The molecule has 0 fully saturated rings. The van der Waals surface area contributed by atoms with Gasteiger partial charge in [-0.3, -0.25) is 24.5 Å². The minimum atomic E-state index is -0.569. The zero-order valence-corrected chi connectivity index (χ0v) is 25.8. The molecule has 47 heavy (non-hydrogen) atoms. The molecule has 1 atom stereocenters. The Hall–Kier alpha value is -6.05. The molecule has 0 unspecified atom stereocenters. The van der Waals surface area contributed by atoms with Crippen LogP contribution >= 0.6 is 0 Å². The summed E-state index contributed by atoms with van der Waals surface area (Å²) < 4.78 is 13.2. The van der Waals surface area contributed by atoms with Crippen LogP contribution in [-0.4, -0.2) is 85.9 Å². The summed E-state index contributed by atoms with van der Waals surface area (Å²) in [6.45, 7) is 2.10. The topological polar surface area (TPSA) is 169 Å². The Morgan fingerprint density at radius 1 is 0.979 bits per heavy atom. The van der Waals surface area contributed by atoms with Gasteiger partial charge in [-0.2, -0.15) is 10.2 Å². The van der Waals surface area contributed by atoms with E-state index in [-0.39, 0.29) is 44.4 Å². The molecule has 3 aromatic heterocycles. The quantitative estimate of drug-likeness (QED) is 0.269. The summed E-state index contributed by atoms with van der Waals surface area (Å²) in [5.74, 6) is 0.582. The molecular formula is C33H33N9O5. The van der Waals surface area contributed by atoms with Crippen LogP contribution < -0.4 is 20.1 Å². The molecule has 4 heterocycles. The molecule has 5 aromatic rings. The Bertz CT molecular complexity index is 1870. The third-order valence-electron chi connectivity index (χ3n) is 7.51. The number of nitrogens with zero attached hydrogens (tertiary/aromatic N) is 6. The lowest BCUT2D eigenvalue weighted by Gasteiger charge is -2.23. The molecule has 0 spiro atoms. The SMILES string of the molecule is COc1ccc2cc1OCCn1nc(-c3ccccc3)nc1[C@@H](C)NC(=O)CN(C(=O)c1cc(-c3ccccn3)n[nH]1)CCNC2=O. The van der Waals surface area contributed by atoms with Gasteiger partial charge in [0.1, 0.15) is 23.8 Å². The van der Waals surface area contributed by atoms with E-state index in [1.54, 1.807) is 54.2 Å². The molecule has 0 radical (unpaired) electrons. The van der Waals surface area contributed by atoms with E-state index in [9.17, 15) is 14.4 Å². The number of carbonyl (C=O) groups is 3. The highest BCUT2D eigenvalue weighted by molar-refractivity contribution is 5.96. The van der Waals surface area contributed by atoms with E-state index in [0.717, 1.165) is 5.56 Å². The number of aromatic nitrogens is 6. The maximum atomic E-state index is 13.7. The van der Waals surface area contributed by atoms with Crippen molar-refractivity contribution < 1.29 is 23.9 Å². The lowest BCUT2D eigenvalue weighted by molar-refractivity contribution is -0.122. The summed E-state index contributed by atoms with van der Waals surface area (Å²) in [4.78, 5) is 50.6. The van der Waals surface area contributed by atoms with Gasteiger partial charge in [0, 0.05) is 30.4 Å². The van der Waals surface area contributed by atoms with Gasteiger partial charge in [-0.25, -0.2) is 9.67 Å². The Morgan fingerprint density at radius 3 is 2.60 bits per heavy atom. The first kappa shape index (κ1) is 31.0. The molecule has 0 saturated heterocycles. The second-order valence-electron chi connectivity index (χ2n) is 10.8. The number of pyridine rings is 1. The van der Waals surface area contributed by atoms with E-state index < -0.39 is 17.9 Å². The number of methoxy groups -OCH3 is 1. The molecule has 1 aliphatic rings. The predicted molar refractivity (Wildman–Crippen MR) is 171 cm³/mol. The summed E-state index contributed by atoms with van der Waals surface area (Å²) in [7, 11) is 1.52. The van der Waals surface area contributed by atoms with E-state index in [1.165, 1.54) is 12.0 Å². The number of hydrogen-bond donors (Lipinski definition) is 3. The van der Waals surface area contributed by atoms with E-state index in [0.29, 0.717) is 40.1 Å². The highest BCUT2D eigenvalue weighted by atomic mass is 16.5. The monoisotopic (exact) mass is 635 g/mol. The van der Waals surface area contributed by atoms with Crippen molar-refractivity contribution >= 4 is 17.7 Å². The van der Waals surface area contributed by atoms with Crippen LogP contribution in [0.5, 0.6) is 11.5 Å². The molecule has 14 heteroatoms. The van der Waals surface area contributed by atoms with Crippen molar-refractivity contribution in [3.05, 3.63) is 96.1 Å². The fourth-order valence-corrected chi connectivity index (χ4v) is 5.15. The smallest absolute Gasteiger partial charge is 0.272 e. The molecule has 2 bridgehead atoms. The molecule has 6 rings (SSSR count). The minimum Gasteiger partial charge on any atom is -0.493 e. The highest BCUT2D eigenvalue weighted by Crippen LogP contribution is 2.28. The number of hydrogen-bond acceptors (Lipinski definition) is 9. The number of ether oxygens (including phenoxy) is 2. The fraction of sp³-hybridized carbons (Fsp3) is 0.242. The Kier molecular flexibility index (Phi) is 9.18. The van der Waals surface area contributed by atoms with Gasteiger partial charge in [0.05, 0.1) is 31.9 Å².